The molecule has 1 aliphatic rings. The van der Waals surface area contributed by atoms with Gasteiger partial charge in [-0.2, -0.15) is 0 Å². The Bertz CT molecular complexity index is 912. The third-order valence-corrected chi connectivity index (χ3v) is 4.80. The zero-order valence-electron chi connectivity index (χ0n) is 14.6. The van der Waals surface area contributed by atoms with Crippen LogP contribution in [-0.4, -0.2) is 21.8 Å². The Labute approximate surface area is 161 Å². The fraction of sp³-hybridized carbons (Fsp3) is 0.200. The number of halogens is 2. The molecule has 0 saturated carbocycles. The Morgan fingerprint density at radius 3 is 2.70 bits per heavy atom. The van der Waals surface area contributed by atoms with Crippen LogP contribution in [0.5, 0.6) is 0 Å². The molecular formula is C20H18ClFN2O3. The molecule has 0 fully saturated rings. The van der Waals surface area contributed by atoms with Crippen molar-refractivity contribution in [3.05, 3.63) is 76.2 Å². The molecular weight excluding hydrogens is 371 g/mol. The van der Waals surface area contributed by atoms with Gasteiger partial charge in [-0.3, -0.25) is 9.69 Å². The van der Waals surface area contributed by atoms with Crippen LogP contribution >= 0.6 is 11.6 Å². The molecule has 0 bridgehead atoms. The predicted octanol–water partition coefficient (Wildman–Crippen LogP) is 4.34. The quantitative estimate of drug-likeness (QED) is 0.821. The summed E-state index contributed by atoms with van der Waals surface area (Å²) >= 11 is 6.06. The molecule has 0 aromatic heterocycles. The number of nitrogens with one attached hydrogen (secondary N) is 1. The zero-order valence-corrected chi connectivity index (χ0v) is 15.3. The van der Waals surface area contributed by atoms with Gasteiger partial charge in [-0.25, -0.2) is 9.18 Å². The number of allylic oxidation sites excluding steroid dienone is 1. The number of aryl methyl sites for hydroxylation is 1. The summed E-state index contributed by atoms with van der Waals surface area (Å²) in [4.78, 5) is 26.1. The number of hydrogen-bond acceptors (Lipinski definition) is 3. The summed E-state index contributed by atoms with van der Waals surface area (Å²) in [6.45, 7) is 1.54. The van der Waals surface area contributed by atoms with E-state index < -0.39 is 12.1 Å². The molecule has 2 aromatic carbocycles. The van der Waals surface area contributed by atoms with E-state index in [-0.39, 0.29) is 24.6 Å². The van der Waals surface area contributed by atoms with Gasteiger partial charge in [0.05, 0.1) is 12.6 Å². The number of hydrogen-bond donors (Lipinski definition) is 2. The summed E-state index contributed by atoms with van der Waals surface area (Å²) in [7, 11) is 0. The number of carbonyl (C=O) groups excluding carboxylic acids is 2. The predicted molar refractivity (Wildman–Crippen MR) is 101 cm³/mol. The lowest BCUT2D eigenvalue weighted by atomic mass is 9.97. The first kappa shape index (κ1) is 19.1. The van der Waals surface area contributed by atoms with Crippen LogP contribution in [0.2, 0.25) is 5.02 Å². The van der Waals surface area contributed by atoms with Crippen molar-refractivity contribution in [3.63, 3.8) is 0 Å². The first-order valence-corrected chi connectivity index (χ1v) is 8.72. The zero-order chi connectivity index (χ0) is 19.6. The molecule has 1 heterocycles. The summed E-state index contributed by atoms with van der Waals surface area (Å²) in [6.07, 6.45) is 2.87. The van der Waals surface area contributed by atoms with E-state index in [1.807, 2.05) is 0 Å². The molecule has 3 rings (SSSR count). The van der Waals surface area contributed by atoms with E-state index in [1.165, 1.54) is 29.3 Å². The lowest BCUT2D eigenvalue weighted by Crippen LogP contribution is -2.37. The Morgan fingerprint density at radius 2 is 2.04 bits per heavy atom. The number of carbonyl (C=O) groups is 2. The third kappa shape index (κ3) is 4.18. The largest absolute Gasteiger partial charge is 0.392 e. The highest BCUT2D eigenvalue weighted by Gasteiger charge is 2.29. The first-order valence-electron chi connectivity index (χ1n) is 8.34. The van der Waals surface area contributed by atoms with E-state index in [2.05, 4.69) is 5.32 Å². The number of rotatable bonds is 3. The number of anilines is 1. The van der Waals surface area contributed by atoms with Gasteiger partial charge in [0.15, 0.2) is 5.78 Å². The van der Waals surface area contributed by atoms with Crippen LogP contribution in [0.15, 0.2) is 48.7 Å². The van der Waals surface area contributed by atoms with Crippen LogP contribution in [0.3, 0.4) is 0 Å². The van der Waals surface area contributed by atoms with Gasteiger partial charge in [0.25, 0.3) is 0 Å². The topological polar surface area (TPSA) is 69.6 Å². The van der Waals surface area contributed by atoms with Crippen molar-refractivity contribution >= 4 is 29.1 Å². The normalized spacial score (nSPS) is 16.5. The molecule has 5 nitrogen and oxygen atoms in total. The minimum Gasteiger partial charge on any atom is -0.392 e. The standard InChI is InChI=1S/C20H18ClFN2O3/c1-12-8-17(21)14(11-25)9-18(12)23-20(27)24-7-6-16(26)10-19(24)13-2-4-15(22)5-3-13/h2-9,19,25H,10-11H2,1H3,(H,23,27)/t19-/m0/s1. The van der Waals surface area contributed by atoms with Crippen molar-refractivity contribution in [3.8, 4) is 0 Å². The van der Waals surface area contributed by atoms with Gasteiger partial charge in [-0.15, -0.1) is 0 Å². The molecule has 27 heavy (non-hydrogen) atoms. The number of ketones is 1. The molecule has 0 saturated heterocycles. The van der Waals surface area contributed by atoms with E-state index in [1.54, 1.807) is 31.2 Å². The molecule has 0 spiro atoms. The lowest BCUT2D eigenvalue weighted by Gasteiger charge is -2.31. The van der Waals surface area contributed by atoms with Crippen LogP contribution < -0.4 is 5.32 Å². The van der Waals surface area contributed by atoms with Gasteiger partial charge < -0.3 is 10.4 Å². The highest BCUT2D eigenvalue weighted by molar-refractivity contribution is 6.31. The van der Waals surface area contributed by atoms with Gasteiger partial charge in [0, 0.05) is 23.3 Å². The number of benzene rings is 2. The lowest BCUT2D eigenvalue weighted by molar-refractivity contribution is -0.116. The fourth-order valence-electron chi connectivity index (χ4n) is 2.95. The van der Waals surface area contributed by atoms with Crippen molar-refractivity contribution in [1.29, 1.82) is 0 Å². The van der Waals surface area contributed by atoms with Crippen LogP contribution in [0.4, 0.5) is 14.9 Å². The summed E-state index contributed by atoms with van der Waals surface area (Å²) < 4.78 is 13.2. The number of aliphatic hydroxyl groups excluding tert-OH is 1. The maximum atomic E-state index is 13.2. The maximum absolute atomic E-state index is 13.2. The maximum Gasteiger partial charge on any atom is 0.326 e. The molecule has 0 radical (unpaired) electrons. The molecule has 1 aliphatic heterocycles. The van der Waals surface area contributed by atoms with Crippen LogP contribution in [0, 0.1) is 12.7 Å². The summed E-state index contributed by atoms with van der Waals surface area (Å²) in [5, 5.41) is 12.6. The van der Waals surface area contributed by atoms with Gasteiger partial charge in [-0.1, -0.05) is 23.7 Å². The molecule has 0 aliphatic carbocycles. The van der Waals surface area contributed by atoms with Crippen LogP contribution in [0.25, 0.3) is 0 Å². The fourth-order valence-corrected chi connectivity index (χ4v) is 3.23. The van der Waals surface area contributed by atoms with Crippen molar-refractivity contribution in [2.45, 2.75) is 26.0 Å². The number of urea groups is 1. The minimum absolute atomic E-state index is 0.108. The Balaban J connectivity index is 1.88. The SMILES string of the molecule is Cc1cc(Cl)c(CO)cc1NC(=O)N1C=CC(=O)C[C@H]1c1ccc(F)cc1. The van der Waals surface area contributed by atoms with E-state index in [4.69, 9.17) is 11.6 Å². The number of aliphatic hydroxyl groups is 1. The van der Waals surface area contributed by atoms with Crippen molar-refractivity contribution in [1.82, 2.24) is 4.90 Å². The molecule has 2 amide bonds. The summed E-state index contributed by atoms with van der Waals surface area (Å²) in [6, 6.07) is 8.01. The highest BCUT2D eigenvalue weighted by atomic mass is 35.5. The van der Waals surface area contributed by atoms with E-state index >= 15 is 0 Å². The number of nitrogens with zero attached hydrogens (tertiary/aromatic N) is 1. The van der Waals surface area contributed by atoms with E-state index in [0.29, 0.717) is 21.8 Å². The Kier molecular flexibility index (Phi) is 5.58. The average Bonchev–Trinajstić information content (AvgIpc) is 2.64. The molecule has 1 atom stereocenters. The molecule has 2 N–H and O–H groups in total. The van der Waals surface area contributed by atoms with Gasteiger partial charge in [0.2, 0.25) is 0 Å². The monoisotopic (exact) mass is 388 g/mol. The second-order valence-corrected chi connectivity index (χ2v) is 6.71. The third-order valence-electron chi connectivity index (χ3n) is 4.45. The molecule has 7 heteroatoms. The Hall–Kier alpha value is -2.70. The highest BCUT2D eigenvalue weighted by Crippen LogP contribution is 2.30. The Morgan fingerprint density at radius 1 is 1.33 bits per heavy atom. The molecule has 2 aromatic rings. The average molecular weight is 389 g/mol. The molecule has 0 unspecified atom stereocenters. The van der Waals surface area contributed by atoms with E-state index in [0.717, 1.165) is 5.56 Å². The first-order chi connectivity index (χ1) is 12.9. The minimum atomic E-state index is -0.534. The van der Waals surface area contributed by atoms with Crippen molar-refractivity contribution in [2.75, 3.05) is 5.32 Å². The summed E-state index contributed by atoms with van der Waals surface area (Å²) in [5.41, 5.74) is 2.41. The molecule has 140 valence electrons. The van der Waals surface area contributed by atoms with Crippen molar-refractivity contribution in [2.24, 2.45) is 0 Å². The van der Waals surface area contributed by atoms with E-state index in [9.17, 15) is 19.1 Å². The van der Waals surface area contributed by atoms with Crippen molar-refractivity contribution < 1.29 is 19.1 Å². The summed E-state index contributed by atoms with van der Waals surface area (Å²) in [5.74, 6) is -0.501. The number of amides is 2. The van der Waals surface area contributed by atoms with Crippen LogP contribution in [0.1, 0.15) is 29.2 Å². The van der Waals surface area contributed by atoms with Gasteiger partial charge in [-0.05, 0) is 54.0 Å². The smallest absolute Gasteiger partial charge is 0.326 e. The second-order valence-electron chi connectivity index (χ2n) is 6.31. The van der Waals surface area contributed by atoms with Gasteiger partial charge >= 0.3 is 6.03 Å². The van der Waals surface area contributed by atoms with Crippen LogP contribution in [-0.2, 0) is 11.4 Å². The second kappa shape index (κ2) is 7.90. The van der Waals surface area contributed by atoms with Gasteiger partial charge in [0.1, 0.15) is 5.82 Å².